The molecule has 2 amide bonds. The summed E-state index contributed by atoms with van der Waals surface area (Å²) < 4.78 is 38.7. The van der Waals surface area contributed by atoms with Gasteiger partial charge in [0.1, 0.15) is 5.70 Å². The number of hydrogen-bond donors (Lipinski definition) is 1. The van der Waals surface area contributed by atoms with E-state index < -0.39 is 22.0 Å². The Hall–Kier alpha value is -3.83. The van der Waals surface area contributed by atoms with E-state index in [9.17, 15) is 18.0 Å². The predicted octanol–water partition coefficient (Wildman–Crippen LogP) is 2.95. The van der Waals surface area contributed by atoms with E-state index in [4.69, 9.17) is 9.47 Å². The van der Waals surface area contributed by atoms with E-state index in [1.165, 1.54) is 46.7 Å². The van der Waals surface area contributed by atoms with Crippen molar-refractivity contribution in [3.63, 3.8) is 0 Å². The third-order valence-electron chi connectivity index (χ3n) is 5.89. The van der Waals surface area contributed by atoms with Crippen LogP contribution in [0.4, 0.5) is 0 Å². The van der Waals surface area contributed by atoms with Crippen molar-refractivity contribution in [3.05, 3.63) is 65.5 Å². The monoisotopic (exact) mass is 528 g/mol. The second-order valence-corrected chi connectivity index (χ2v) is 10.3. The number of para-hydroxylation sites is 1. The van der Waals surface area contributed by atoms with Gasteiger partial charge in [-0.25, -0.2) is 3.97 Å². The maximum absolute atomic E-state index is 13.4. The number of rotatable bonds is 10. The number of ether oxygens (including phenoxy) is 2. The number of carbonyl (C=O) groups is 2. The third kappa shape index (κ3) is 5.62. The number of methoxy groups -OCH3 is 2. The molecule has 1 aromatic heterocycles. The number of amides is 2. The van der Waals surface area contributed by atoms with E-state index in [0.29, 0.717) is 41.1 Å². The largest absolute Gasteiger partial charge is 0.493 e. The maximum atomic E-state index is 13.4. The summed E-state index contributed by atoms with van der Waals surface area (Å²) in [5, 5.41) is 3.33. The van der Waals surface area contributed by atoms with E-state index in [1.807, 2.05) is 13.8 Å². The van der Waals surface area contributed by atoms with Crippen LogP contribution in [0.25, 0.3) is 17.0 Å². The van der Waals surface area contributed by atoms with E-state index in [1.54, 1.807) is 41.3 Å². The smallest absolute Gasteiger partial charge is 0.307 e. The summed E-state index contributed by atoms with van der Waals surface area (Å²) in [5.74, 6) is -0.0971. The van der Waals surface area contributed by atoms with Crippen LogP contribution >= 0.6 is 0 Å². The van der Waals surface area contributed by atoms with Gasteiger partial charge < -0.3 is 19.7 Å². The molecule has 37 heavy (non-hydrogen) atoms. The first-order valence-corrected chi connectivity index (χ1v) is 13.1. The first kappa shape index (κ1) is 27.8. The Morgan fingerprint density at radius 2 is 1.65 bits per heavy atom. The molecule has 0 saturated carbocycles. The quantitative estimate of drug-likeness (QED) is 0.405. The Balaban J connectivity index is 2.15. The summed E-state index contributed by atoms with van der Waals surface area (Å²) in [6.45, 7) is 4.53. The lowest BCUT2D eigenvalue weighted by molar-refractivity contribution is -0.127. The number of hydrogen-bond acceptors (Lipinski definition) is 6. The number of aromatic nitrogens is 1. The summed E-state index contributed by atoms with van der Waals surface area (Å²) >= 11 is 0. The van der Waals surface area contributed by atoms with E-state index in [2.05, 4.69) is 5.32 Å². The van der Waals surface area contributed by atoms with E-state index >= 15 is 0 Å². The van der Waals surface area contributed by atoms with Crippen molar-refractivity contribution in [3.8, 4) is 11.5 Å². The highest BCUT2D eigenvalue weighted by atomic mass is 32.2. The van der Waals surface area contributed by atoms with Gasteiger partial charge >= 0.3 is 10.2 Å². The summed E-state index contributed by atoms with van der Waals surface area (Å²) in [7, 11) is 2.01. The molecule has 0 aliphatic heterocycles. The molecule has 2 aromatic carbocycles. The molecule has 10 nitrogen and oxygen atoms in total. The first-order valence-electron chi connectivity index (χ1n) is 11.7. The molecule has 0 aliphatic carbocycles. The van der Waals surface area contributed by atoms with Gasteiger partial charge in [-0.3, -0.25) is 9.59 Å². The third-order valence-corrected chi connectivity index (χ3v) is 7.62. The van der Waals surface area contributed by atoms with Crippen molar-refractivity contribution < 1.29 is 27.5 Å². The molecule has 1 heterocycles. The van der Waals surface area contributed by atoms with Gasteiger partial charge in [0, 0.05) is 49.9 Å². The zero-order chi connectivity index (χ0) is 27.3. The minimum absolute atomic E-state index is 0.00800. The lowest BCUT2D eigenvalue weighted by Gasteiger charge is -2.21. The van der Waals surface area contributed by atoms with Crippen molar-refractivity contribution >= 4 is 39.0 Å². The zero-order valence-electron chi connectivity index (χ0n) is 21.8. The fraction of sp³-hybridized carbons (Fsp3) is 0.308. The van der Waals surface area contributed by atoms with Crippen LogP contribution in [0.1, 0.15) is 29.8 Å². The average Bonchev–Trinajstić information content (AvgIpc) is 3.27. The van der Waals surface area contributed by atoms with Crippen LogP contribution in [-0.4, -0.2) is 74.8 Å². The molecule has 3 rings (SSSR count). The van der Waals surface area contributed by atoms with Crippen LogP contribution in [0.2, 0.25) is 0 Å². The minimum atomic E-state index is -3.83. The van der Waals surface area contributed by atoms with Crippen LogP contribution in [0.15, 0.2) is 54.4 Å². The summed E-state index contributed by atoms with van der Waals surface area (Å²) in [4.78, 5) is 28.2. The van der Waals surface area contributed by atoms with Gasteiger partial charge in [0.05, 0.1) is 19.7 Å². The molecule has 0 spiro atoms. The molecule has 0 atom stereocenters. The lowest BCUT2D eigenvalue weighted by atomic mass is 10.1. The Morgan fingerprint density at radius 3 is 2.24 bits per heavy atom. The van der Waals surface area contributed by atoms with E-state index in [-0.39, 0.29) is 11.3 Å². The number of nitrogens with one attached hydrogen (secondary N) is 1. The topological polar surface area (TPSA) is 110 Å². The maximum Gasteiger partial charge on any atom is 0.307 e. The van der Waals surface area contributed by atoms with Gasteiger partial charge in [-0.15, -0.1) is 0 Å². The van der Waals surface area contributed by atoms with Crippen molar-refractivity contribution in [2.75, 3.05) is 41.4 Å². The predicted molar refractivity (Wildman–Crippen MR) is 143 cm³/mol. The van der Waals surface area contributed by atoms with Crippen molar-refractivity contribution in [1.82, 2.24) is 18.5 Å². The van der Waals surface area contributed by atoms with Crippen molar-refractivity contribution in [1.29, 1.82) is 0 Å². The van der Waals surface area contributed by atoms with Gasteiger partial charge in [-0.2, -0.15) is 12.7 Å². The molecule has 1 N–H and O–H groups in total. The van der Waals surface area contributed by atoms with Crippen LogP contribution in [-0.2, 0) is 15.0 Å². The number of carbonyl (C=O) groups excluding carboxylic acids is 2. The number of fused-ring (bicyclic) bond motifs is 1. The molecule has 0 aliphatic rings. The molecule has 198 valence electrons. The number of likely N-dealkylation sites (N-methyl/N-ethyl adjacent to an activating group) is 1. The summed E-state index contributed by atoms with van der Waals surface area (Å²) in [6, 6.07) is 11.6. The Labute approximate surface area is 217 Å². The highest BCUT2D eigenvalue weighted by Gasteiger charge is 2.23. The average molecular weight is 529 g/mol. The molecule has 0 saturated heterocycles. The van der Waals surface area contributed by atoms with Gasteiger partial charge in [0.25, 0.3) is 11.8 Å². The molecular weight excluding hydrogens is 496 g/mol. The molecule has 3 aromatic rings. The molecule has 0 radical (unpaired) electrons. The Kier molecular flexibility index (Phi) is 8.61. The normalized spacial score (nSPS) is 12.0. The van der Waals surface area contributed by atoms with E-state index in [0.717, 1.165) is 8.28 Å². The SMILES string of the molecule is CCN(CC)C(=O)/C(=C/c1cn(S(=O)(=O)N(C)C)c2ccccc12)NC(=O)c1ccc(OC)c(OC)c1. The second-order valence-electron chi connectivity index (χ2n) is 8.25. The summed E-state index contributed by atoms with van der Waals surface area (Å²) in [5.41, 5.74) is 1.18. The zero-order valence-corrected chi connectivity index (χ0v) is 22.6. The van der Waals surface area contributed by atoms with Gasteiger partial charge in [-0.1, -0.05) is 18.2 Å². The number of benzene rings is 2. The lowest BCUT2D eigenvalue weighted by Crippen LogP contribution is -2.38. The summed E-state index contributed by atoms with van der Waals surface area (Å²) in [6.07, 6.45) is 2.95. The molecule has 0 fully saturated rings. The van der Waals surface area contributed by atoms with Gasteiger partial charge in [0.15, 0.2) is 11.5 Å². The molecule has 11 heteroatoms. The van der Waals surface area contributed by atoms with Crippen molar-refractivity contribution in [2.45, 2.75) is 13.8 Å². The fourth-order valence-electron chi connectivity index (χ4n) is 3.82. The van der Waals surface area contributed by atoms with Gasteiger partial charge in [-0.05, 0) is 44.2 Å². The highest BCUT2D eigenvalue weighted by molar-refractivity contribution is 7.87. The number of nitrogens with zero attached hydrogens (tertiary/aromatic N) is 3. The van der Waals surface area contributed by atoms with Crippen LogP contribution in [0.5, 0.6) is 11.5 Å². The standard InChI is InChI=1S/C26H32N4O6S/c1-7-29(8-2)26(32)21(27-25(31)18-13-14-23(35-5)24(16-18)36-6)15-19-17-30(37(33,34)28(3)4)22-12-10-9-11-20(19)22/h9-17H,7-8H2,1-6H3,(H,27,31)/b21-15-. The van der Waals surface area contributed by atoms with Crippen molar-refractivity contribution in [2.24, 2.45) is 0 Å². The van der Waals surface area contributed by atoms with Gasteiger partial charge in [0.2, 0.25) is 0 Å². The molecule has 0 unspecified atom stereocenters. The molecule has 0 bridgehead atoms. The Bertz CT molecular complexity index is 1440. The van der Waals surface area contributed by atoms with Crippen LogP contribution < -0.4 is 14.8 Å². The Morgan fingerprint density at radius 1 is 1.00 bits per heavy atom. The van der Waals surface area contributed by atoms with Crippen LogP contribution in [0.3, 0.4) is 0 Å². The fourth-order valence-corrected chi connectivity index (χ4v) is 4.82. The first-order chi connectivity index (χ1) is 17.6. The molecular formula is C26H32N4O6S. The second kappa shape index (κ2) is 11.5. The minimum Gasteiger partial charge on any atom is -0.493 e. The highest BCUT2D eigenvalue weighted by Crippen LogP contribution is 2.28. The van der Waals surface area contributed by atoms with Crippen LogP contribution in [0, 0.1) is 0 Å².